The molecule has 1 aromatic rings. The van der Waals surface area contributed by atoms with E-state index in [0.717, 1.165) is 24.3 Å². The number of sulfonamides is 1. The number of nitrogens with zero attached hydrogens (tertiary/aromatic N) is 2. The second-order valence-electron chi connectivity index (χ2n) is 5.02. The van der Waals surface area contributed by atoms with Crippen LogP contribution >= 0.6 is 0 Å². The summed E-state index contributed by atoms with van der Waals surface area (Å²) < 4.78 is 25.1. The first-order valence-corrected chi connectivity index (χ1v) is 8.80. The van der Waals surface area contributed by atoms with E-state index in [1.165, 1.54) is 13.4 Å². The van der Waals surface area contributed by atoms with Crippen LogP contribution in [0.25, 0.3) is 0 Å². The van der Waals surface area contributed by atoms with E-state index in [4.69, 9.17) is 0 Å². The number of nitrogens with one attached hydrogen (secondary N) is 3. The predicted molar refractivity (Wildman–Crippen MR) is 86.2 cm³/mol. The Hall–Kier alpha value is -1.41. The number of rotatable bonds is 9. The van der Waals surface area contributed by atoms with E-state index in [2.05, 4.69) is 46.1 Å². The minimum atomic E-state index is -3.22. The van der Waals surface area contributed by atoms with Crippen LogP contribution in [0.5, 0.6) is 0 Å². The van der Waals surface area contributed by atoms with Crippen LogP contribution < -0.4 is 15.4 Å². The van der Waals surface area contributed by atoms with E-state index in [9.17, 15) is 8.42 Å². The van der Waals surface area contributed by atoms with E-state index in [1.807, 2.05) is 0 Å². The van der Waals surface area contributed by atoms with Crippen LogP contribution in [0.15, 0.2) is 6.33 Å². The SMILES string of the molecule is CCCNc1ncnc(NCCS(=O)(=O)NC)c1C(C)C. The first kappa shape index (κ1) is 17.6. The van der Waals surface area contributed by atoms with Gasteiger partial charge in [0.1, 0.15) is 18.0 Å². The molecule has 0 aliphatic heterocycles. The molecule has 0 radical (unpaired) electrons. The van der Waals surface area contributed by atoms with Crippen LogP contribution in [-0.2, 0) is 10.0 Å². The lowest BCUT2D eigenvalue weighted by Crippen LogP contribution is -2.26. The first-order valence-electron chi connectivity index (χ1n) is 7.15. The molecule has 120 valence electrons. The fraction of sp³-hybridized carbons (Fsp3) is 0.692. The zero-order valence-corrected chi connectivity index (χ0v) is 13.9. The van der Waals surface area contributed by atoms with Crippen LogP contribution in [-0.4, -0.2) is 44.3 Å². The molecule has 0 aliphatic rings. The highest BCUT2D eigenvalue weighted by Crippen LogP contribution is 2.28. The van der Waals surface area contributed by atoms with Gasteiger partial charge in [-0.25, -0.2) is 23.1 Å². The Morgan fingerprint density at radius 3 is 2.19 bits per heavy atom. The number of aromatic nitrogens is 2. The molecule has 0 saturated carbocycles. The second kappa shape index (κ2) is 8.14. The Morgan fingerprint density at radius 1 is 1.14 bits per heavy atom. The summed E-state index contributed by atoms with van der Waals surface area (Å²) >= 11 is 0. The maximum Gasteiger partial charge on any atom is 0.213 e. The average Bonchev–Trinajstić information content (AvgIpc) is 2.44. The molecule has 8 heteroatoms. The van der Waals surface area contributed by atoms with Crippen molar-refractivity contribution in [1.82, 2.24) is 14.7 Å². The fourth-order valence-electron chi connectivity index (χ4n) is 1.87. The zero-order valence-electron chi connectivity index (χ0n) is 13.1. The highest BCUT2D eigenvalue weighted by Gasteiger charge is 2.15. The standard InChI is InChI=1S/C13H25N5O2S/c1-5-6-15-12-11(10(2)3)13(18-9-17-12)16-7-8-21(19,20)14-4/h9-10,14H,5-8H2,1-4H3,(H2,15,16,17,18). The molecular weight excluding hydrogens is 290 g/mol. The molecule has 0 bridgehead atoms. The molecule has 0 fully saturated rings. The van der Waals surface area contributed by atoms with Crippen molar-refractivity contribution in [3.63, 3.8) is 0 Å². The van der Waals surface area contributed by atoms with Gasteiger partial charge in [0.15, 0.2) is 0 Å². The Kier molecular flexibility index (Phi) is 6.83. The Morgan fingerprint density at radius 2 is 1.71 bits per heavy atom. The quantitative estimate of drug-likeness (QED) is 0.637. The highest BCUT2D eigenvalue weighted by atomic mass is 32.2. The lowest BCUT2D eigenvalue weighted by molar-refractivity contribution is 0.588. The van der Waals surface area contributed by atoms with Crippen LogP contribution in [0.4, 0.5) is 11.6 Å². The molecule has 7 nitrogen and oxygen atoms in total. The monoisotopic (exact) mass is 315 g/mol. The van der Waals surface area contributed by atoms with E-state index in [0.29, 0.717) is 12.4 Å². The average molecular weight is 315 g/mol. The summed E-state index contributed by atoms with van der Waals surface area (Å²) in [5.41, 5.74) is 0.979. The molecule has 21 heavy (non-hydrogen) atoms. The summed E-state index contributed by atoms with van der Waals surface area (Å²) in [6.45, 7) is 7.35. The van der Waals surface area contributed by atoms with Crippen LogP contribution in [0.2, 0.25) is 0 Å². The number of hydrogen-bond acceptors (Lipinski definition) is 6. The van der Waals surface area contributed by atoms with Gasteiger partial charge in [-0.2, -0.15) is 0 Å². The third-order valence-corrected chi connectivity index (χ3v) is 4.34. The van der Waals surface area contributed by atoms with Gasteiger partial charge in [-0.15, -0.1) is 0 Å². The molecular formula is C13H25N5O2S. The Labute approximate surface area is 127 Å². The molecule has 0 unspecified atom stereocenters. The van der Waals surface area contributed by atoms with Crippen molar-refractivity contribution in [2.24, 2.45) is 0 Å². The van der Waals surface area contributed by atoms with Crippen molar-refractivity contribution in [3.8, 4) is 0 Å². The molecule has 0 aliphatic carbocycles. The van der Waals surface area contributed by atoms with E-state index >= 15 is 0 Å². The summed E-state index contributed by atoms with van der Waals surface area (Å²) in [5.74, 6) is 1.72. The van der Waals surface area contributed by atoms with Gasteiger partial charge >= 0.3 is 0 Å². The van der Waals surface area contributed by atoms with Crippen molar-refractivity contribution in [3.05, 3.63) is 11.9 Å². The minimum Gasteiger partial charge on any atom is -0.370 e. The van der Waals surface area contributed by atoms with Crippen molar-refractivity contribution >= 4 is 21.7 Å². The number of hydrogen-bond donors (Lipinski definition) is 3. The molecule has 0 atom stereocenters. The van der Waals surface area contributed by atoms with Gasteiger partial charge in [-0.1, -0.05) is 20.8 Å². The third-order valence-electron chi connectivity index (χ3n) is 2.98. The van der Waals surface area contributed by atoms with Gasteiger partial charge < -0.3 is 10.6 Å². The van der Waals surface area contributed by atoms with Gasteiger partial charge in [0.2, 0.25) is 10.0 Å². The van der Waals surface area contributed by atoms with Crippen LogP contribution in [0.3, 0.4) is 0 Å². The highest BCUT2D eigenvalue weighted by molar-refractivity contribution is 7.89. The maximum absolute atomic E-state index is 11.4. The topological polar surface area (TPSA) is 96.0 Å². The summed E-state index contributed by atoms with van der Waals surface area (Å²) in [5, 5.41) is 6.37. The van der Waals surface area contributed by atoms with Gasteiger partial charge in [0.25, 0.3) is 0 Å². The minimum absolute atomic E-state index is 0.00274. The van der Waals surface area contributed by atoms with Crippen molar-refractivity contribution in [1.29, 1.82) is 0 Å². The fourth-order valence-corrected chi connectivity index (χ4v) is 2.45. The summed E-state index contributed by atoms with van der Waals surface area (Å²) in [7, 11) is -1.81. The van der Waals surface area contributed by atoms with Gasteiger partial charge in [-0.3, -0.25) is 0 Å². The van der Waals surface area contributed by atoms with Crippen molar-refractivity contribution in [2.75, 3.05) is 36.5 Å². The molecule has 0 spiro atoms. The molecule has 3 N–H and O–H groups in total. The van der Waals surface area contributed by atoms with Gasteiger partial charge in [0, 0.05) is 18.7 Å². The molecule has 0 saturated heterocycles. The third kappa shape index (κ3) is 5.47. The Balaban J connectivity index is 2.86. The maximum atomic E-state index is 11.4. The molecule has 1 heterocycles. The van der Waals surface area contributed by atoms with Crippen LogP contribution in [0, 0.1) is 0 Å². The lowest BCUT2D eigenvalue weighted by Gasteiger charge is -2.17. The zero-order chi connectivity index (χ0) is 15.9. The summed E-state index contributed by atoms with van der Waals surface area (Å²) in [6, 6.07) is 0. The predicted octanol–water partition coefficient (Wildman–Crippen LogP) is 1.38. The molecule has 1 aromatic heterocycles. The van der Waals surface area contributed by atoms with E-state index < -0.39 is 10.0 Å². The van der Waals surface area contributed by atoms with E-state index in [-0.39, 0.29) is 11.7 Å². The molecule has 1 rings (SSSR count). The van der Waals surface area contributed by atoms with E-state index in [1.54, 1.807) is 0 Å². The lowest BCUT2D eigenvalue weighted by atomic mass is 10.0. The molecule has 0 amide bonds. The summed E-state index contributed by atoms with van der Waals surface area (Å²) in [6.07, 6.45) is 2.49. The normalized spacial score (nSPS) is 11.7. The van der Waals surface area contributed by atoms with Gasteiger partial charge in [0.05, 0.1) is 5.75 Å². The largest absolute Gasteiger partial charge is 0.370 e. The van der Waals surface area contributed by atoms with Crippen molar-refractivity contribution < 1.29 is 8.42 Å². The Bertz CT molecular complexity index is 545. The number of anilines is 2. The van der Waals surface area contributed by atoms with Crippen LogP contribution in [0.1, 0.15) is 38.7 Å². The van der Waals surface area contributed by atoms with Crippen molar-refractivity contribution in [2.45, 2.75) is 33.1 Å². The first-order chi connectivity index (χ1) is 9.91. The smallest absolute Gasteiger partial charge is 0.213 e. The summed E-state index contributed by atoms with van der Waals surface area (Å²) in [4.78, 5) is 8.51. The van der Waals surface area contributed by atoms with Gasteiger partial charge in [-0.05, 0) is 19.4 Å². The molecule has 0 aromatic carbocycles. The second-order valence-corrected chi connectivity index (χ2v) is 7.06.